The number of nitrogens with one attached hydrogen (secondary N) is 1. The van der Waals surface area contributed by atoms with E-state index in [1.54, 1.807) is 0 Å². The van der Waals surface area contributed by atoms with Gasteiger partial charge in [0.05, 0.1) is 16.8 Å². The Morgan fingerprint density at radius 3 is 2.54 bits per heavy atom. The van der Waals surface area contributed by atoms with E-state index >= 15 is 0 Å². The molecular weight excluding hydrogens is 322 g/mol. The molecule has 2 aromatic carbocycles. The number of rotatable bonds is 6. The number of aromatic nitrogens is 1. The van der Waals surface area contributed by atoms with Crippen LogP contribution in [0.25, 0.3) is 22.2 Å². The lowest BCUT2D eigenvalue weighted by molar-refractivity contribution is 0.0954. The molecule has 0 atom stereocenters. The van der Waals surface area contributed by atoms with Crippen LogP contribution in [0, 0.1) is 6.92 Å². The van der Waals surface area contributed by atoms with Crippen LogP contribution >= 0.6 is 0 Å². The Bertz CT molecular complexity index is 901. The van der Waals surface area contributed by atoms with Gasteiger partial charge in [-0.25, -0.2) is 4.98 Å². The number of para-hydroxylation sites is 1. The normalized spacial score (nSPS) is 11.1. The number of aryl methyl sites for hydroxylation is 1. The number of carbonyl (C=O) groups excluding carboxylic acids is 1. The van der Waals surface area contributed by atoms with Gasteiger partial charge in [0.15, 0.2) is 0 Å². The molecule has 0 aliphatic heterocycles. The summed E-state index contributed by atoms with van der Waals surface area (Å²) in [6.45, 7) is 3.67. The molecule has 3 rings (SSSR count). The second kappa shape index (κ2) is 8.11. The Morgan fingerprint density at radius 2 is 1.81 bits per heavy atom. The van der Waals surface area contributed by atoms with Gasteiger partial charge in [0.2, 0.25) is 0 Å². The number of carbonyl (C=O) groups is 1. The Labute approximate surface area is 154 Å². The van der Waals surface area contributed by atoms with Gasteiger partial charge in [-0.3, -0.25) is 4.79 Å². The summed E-state index contributed by atoms with van der Waals surface area (Å²) in [5.74, 6) is -0.0456. The molecule has 1 heterocycles. The topological polar surface area (TPSA) is 45.2 Å². The number of nitrogens with zero attached hydrogens (tertiary/aromatic N) is 2. The molecule has 4 heteroatoms. The Balaban J connectivity index is 1.92. The summed E-state index contributed by atoms with van der Waals surface area (Å²) in [6.07, 6.45) is 0.923. The average molecular weight is 347 g/mol. The minimum Gasteiger partial charge on any atom is -0.352 e. The molecule has 0 spiro atoms. The second-order valence-electron chi connectivity index (χ2n) is 6.85. The Kier molecular flexibility index (Phi) is 5.64. The van der Waals surface area contributed by atoms with E-state index in [0.29, 0.717) is 12.1 Å². The number of hydrogen-bond donors (Lipinski definition) is 1. The van der Waals surface area contributed by atoms with Crippen molar-refractivity contribution in [1.82, 2.24) is 15.2 Å². The van der Waals surface area contributed by atoms with Crippen molar-refractivity contribution in [3.8, 4) is 11.3 Å². The summed E-state index contributed by atoms with van der Waals surface area (Å²) in [5.41, 5.74) is 4.55. The van der Waals surface area contributed by atoms with Crippen molar-refractivity contribution in [2.75, 3.05) is 27.2 Å². The Hall–Kier alpha value is -2.72. The fraction of sp³-hybridized carbons (Fsp3) is 0.273. The zero-order chi connectivity index (χ0) is 18.5. The van der Waals surface area contributed by atoms with E-state index < -0.39 is 0 Å². The molecule has 0 radical (unpaired) electrons. The van der Waals surface area contributed by atoms with Gasteiger partial charge in [0.25, 0.3) is 5.91 Å². The number of hydrogen-bond acceptors (Lipinski definition) is 3. The van der Waals surface area contributed by atoms with E-state index in [-0.39, 0.29) is 5.91 Å². The molecular formula is C22H25N3O. The van der Waals surface area contributed by atoms with Gasteiger partial charge < -0.3 is 10.2 Å². The first-order chi connectivity index (χ1) is 12.5. The third-order valence-corrected chi connectivity index (χ3v) is 4.38. The van der Waals surface area contributed by atoms with Crippen LogP contribution in [0.5, 0.6) is 0 Å². The lowest BCUT2D eigenvalue weighted by atomic mass is 10.0. The minimum absolute atomic E-state index is 0.0456. The van der Waals surface area contributed by atoms with Gasteiger partial charge in [-0.2, -0.15) is 0 Å². The quantitative estimate of drug-likeness (QED) is 0.688. The summed E-state index contributed by atoms with van der Waals surface area (Å²) < 4.78 is 0. The highest BCUT2D eigenvalue weighted by atomic mass is 16.1. The van der Waals surface area contributed by atoms with Crippen LogP contribution in [0.15, 0.2) is 54.6 Å². The first kappa shape index (κ1) is 18.1. The summed E-state index contributed by atoms with van der Waals surface area (Å²) >= 11 is 0. The van der Waals surface area contributed by atoms with E-state index in [4.69, 9.17) is 4.98 Å². The van der Waals surface area contributed by atoms with Crippen LogP contribution < -0.4 is 5.32 Å². The summed E-state index contributed by atoms with van der Waals surface area (Å²) in [5, 5.41) is 3.92. The summed E-state index contributed by atoms with van der Waals surface area (Å²) in [7, 11) is 4.07. The summed E-state index contributed by atoms with van der Waals surface area (Å²) in [4.78, 5) is 19.7. The maximum absolute atomic E-state index is 12.8. The molecule has 26 heavy (non-hydrogen) atoms. The van der Waals surface area contributed by atoms with Gasteiger partial charge in [-0.15, -0.1) is 0 Å². The monoisotopic (exact) mass is 347 g/mol. The molecule has 0 saturated heterocycles. The number of fused-ring (bicyclic) bond motifs is 1. The third-order valence-electron chi connectivity index (χ3n) is 4.38. The zero-order valence-electron chi connectivity index (χ0n) is 15.6. The van der Waals surface area contributed by atoms with Gasteiger partial charge in [0, 0.05) is 17.5 Å². The van der Waals surface area contributed by atoms with E-state index in [2.05, 4.69) is 29.3 Å². The van der Waals surface area contributed by atoms with E-state index in [0.717, 1.165) is 35.1 Å². The molecule has 0 fully saturated rings. The molecule has 3 aromatic rings. The Morgan fingerprint density at radius 1 is 1.08 bits per heavy atom. The van der Waals surface area contributed by atoms with Crippen molar-refractivity contribution in [2.45, 2.75) is 13.3 Å². The van der Waals surface area contributed by atoms with Crippen molar-refractivity contribution in [1.29, 1.82) is 0 Å². The molecule has 0 unspecified atom stereocenters. The molecule has 1 N–H and O–H groups in total. The largest absolute Gasteiger partial charge is 0.352 e. The van der Waals surface area contributed by atoms with Crippen LogP contribution in [0.4, 0.5) is 0 Å². The predicted octanol–water partition coefficient (Wildman–Crippen LogP) is 3.89. The maximum atomic E-state index is 12.8. The highest BCUT2D eigenvalue weighted by molar-refractivity contribution is 6.07. The molecule has 0 bridgehead atoms. The standard InChI is InChI=1S/C22H25N3O/c1-16-9-11-17(12-10-16)21-15-19(18-7-4-5-8-20(18)24-21)22(26)23-13-6-14-25(2)3/h4-5,7-12,15H,6,13-14H2,1-3H3,(H,23,26). The number of pyridine rings is 1. The van der Waals surface area contributed by atoms with Gasteiger partial charge in [-0.05, 0) is 46.1 Å². The molecule has 1 aromatic heterocycles. The first-order valence-electron chi connectivity index (χ1n) is 8.94. The van der Waals surface area contributed by atoms with E-state index in [9.17, 15) is 4.79 Å². The fourth-order valence-electron chi connectivity index (χ4n) is 2.93. The van der Waals surface area contributed by atoms with E-state index in [1.807, 2.05) is 56.6 Å². The minimum atomic E-state index is -0.0456. The lowest BCUT2D eigenvalue weighted by Crippen LogP contribution is -2.27. The van der Waals surface area contributed by atoms with Gasteiger partial charge >= 0.3 is 0 Å². The van der Waals surface area contributed by atoms with Crippen molar-refractivity contribution in [3.63, 3.8) is 0 Å². The molecule has 4 nitrogen and oxygen atoms in total. The molecule has 0 saturated carbocycles. The molecule has 134 valence electrons. The lowest BCUT2D eigenvalue weighted by Gasteiger charge is -2.12. The van der Waals surface area contributed by atoms with Crippen molar-refractivity contribution < 1.29 is 4.79 Å². The average Bonchev–Trinajstić information content (AvgIpc) is 2.64. The van der Waals surface area contributed by atoms with E-state index in [1.165, 1.54) is 5.56 Å². The SMILES string of the molecule is Cc1ccc(-c2cc(C(=O)NCCCN(C)C)c3ccccc3n2)cc1. The molecule has 0 aliphatic carbocycles. The van der Waals surface area contributed by atoms with Crippen molar-refractivity contribution in [3.05, 3.63) is 65.7 Å². The highest BCUT2D eigenvalue weighted by Gasteiger charge is 2.13. The summed E-state index contributed by atoms with van der Waals surface area (Å²) in [6, 6.07) is 17.9. The predicted molar refractivity (Wildman–Crippen MR) is 107 cm³/mol. The molecule has 1 amide bonds. The van der Waals surface area contributed by atoms with Gasteiger partial charge in [-0.1, -0.05) is 48.0 Å². The van der Waals surface area contributed by atoms with Crippen molar-refractivity contribution in [2.24, 2.45) is 0 Å². The number of amides is 1. The maximum Gasteiger partial charge on any atom is 0.252 e. The highest BCUT2D eigenvalue weighted by Crippen LogP contribution is 2.25. The van der Waals surface area contributed by atoms with Crippen LogP contribution in [-0.4, -0.2) is 43.0 Å². The smallest absolute Gasteiger partial charge is 0.252 e. The van der Waals surface area contributed by atoms with Crippen LogP contribution in [0.3, 0.4) is 0 Å². The first-order valence-corrected chi connectivity index (χ1v) is 8.94. The fourth-order valence-corrected chi connectivity index (χ4v) is 2.93. The van der Waals surface area contributed by atoms with Crippen LogP contribution in [-0.2, 0) is 0 Å². The van der Waals surface area contributed by atoms with Crippen molar-refractivity contribution >= 4 is 16.8 Å². The van der Waals surface area contributed by atoms with Crippen LogP contribution in [0.2, 0.25) is 0 Å². The number of benzene rings is 2. The third kappa shape index (κ3) is 4.27. The second-order valence-corrected chi connectivity index (χ2v) is 6.85. The van der Waals surface area contributed by atoms with Gasteiger partial charge in [0.1, 0.15) is 0 Å². The van der Waals surface area contributed by atoms with Crippen LogP contribution in [0.1, 0.15) is 22.3 Å². The zero-order valence-corrected chi connectivity index (χ0v) is 15.6. The molecule has 0 aliphatic rings.